The lowest BCUT2D eigenvalue weighted by molar-refractivity contribution is -0.132. The van der Waals surface area contributed by atoms with Gasteiger partial charge in [0.2, 0.25) is 0 Å². The summed E-state index contributed by atoms with van der Waals surface area (Å²) in [7, 11) is 0. The van der Waals surface area contributed by atoms with Gasteiger partial charge in [-0.25, -0.2) is 0 Å². The minimum atomic E-state index is -0.936. The Kier molecular flexibility index (Phi) is 3.86. The van der Waals surface area contributed by atoms with Crippen LogP contribution in [-0.4, -0.2) is 29.7 Å². The quantitative estimate of drug-likeness (QED) is 0.487. The van der Waals surface area contributed by atoms with Crippen LogP contribution in [0.1, 0.15) is 24.2 Å². The fourth-order valence-corrected chi connectivity index (χ4v) is 2.28. The van der Waals surface area contributed by atoms with Crippen molar-refractivity contribution in [1.82, 2.24) is 0 Å². The number of amides is 1. The van der Waals surface area contributed by atoms with Crippen molar-refractivity contribution < 1.29 is 14.3 Å². The first-order chi connectivity index (χ1) is 9.40. The zero-order valence-electron chi connectivity index (χ0n) is 11.5. The molecule has 5 heteroatoms. The maximum Gasteiger partial charge on any atom is 0.270 e. The Hall–Kier alpha value is -1.81. The summed E-state index contributed by atoms with van der Waals surface area (Å²) in [5, 5.41) is 0. The molecule has 0 saturated carbocycles. The standard InChI is InChI=1S/C15H16ClNO3/c1-4-7-17-11-8-10(12(18)9-16)5-6-13(11)20-15(2,3)14(17)19/h4-6,8H,1,7,9H2,2-3H3. The molecule has 0 aromatic heterocycles. The van der Waals surface area contributed by atoms with Gasteiger partial charge in [-0.15, -0.1) is 18.2 Å². The molecule has 1 aliphatic rings. The molecule has 1 heterocycles. The molecule has 0 saturated heterocycles. The molecule has 0 spiro atoms. The molecular formula is C15H16ClNO3. The van der Waals surface area contributed by atoms with Gasteiger partial charge >= 0.3 is 0 Å². The molecule has 1 amide bonds. The third kappa shape index (κ3) is 2.43. The van der Waals surface area contributed by atoms with Crippen molar-refractivity contribution in [3.63, 3.8) is 0 Å². The molecule has 0 aliphatic carbocycles. The Labute approximate surface area is 123 Å². The van der Waals surface area contributed by atoms with Crippen LogP contribution < -0.4 is 9.64 Å². The number of hydrogen-bond donors (Lipinski definition) is 0. The van der Waals surface area contributed by atoms with Crippen LogP contribution in [0.15, 0.2) is 30.9 Å². The zero-order chi connectivity index (χ0) is 14.9. The average molecular weight is 294 g/mol. The van der Waals surface area contributed by atoms with Crippen molar-refractivity contribution in [3.05, 3.63) is 36.4 Å². The highest BCUT2D eigenvalue weighted by Gasteiger charge is 2.40. The van der Waals surface area contributed by atoms with E-state index in [2.05, 4.69) is 6.58 Å². The smallest absolute Gasteiger partial charge is 0.270 e. The molecule has 0 bridgehead atoms. The summed E-state index contributed by atoms with van der Waals surface area (Å²) in [5.41, 5.74) is 0.0997. The van der Waals surface area contributed by atoms with Gasteiger partial charge in [0.25, 0.3) is 5.91 Å². The first-order valence-electron chi connectivity index (χ1n) is 6.26. The fraction of sp³-hybridized carbons (Fsp3) is 0.333. The summed E-state index contributed by atoms with van der Waals surface area (Å²) in [6.45, 7) is 7.45. The predicted octanol–water partition coefficient (Wildman–Crippen LogP) is 2.80. The summed E-state index contributed by atoms with van der Waals surface area (Å²) in [4.78, 5) is 25.6. The van der Waals surface area contributed by atoms with Crippen LogP contribution in [-0.2, 0) is 4.79 Å². The number of nitrogens with zero attached hydrogens (tertiary/aromatic N) is 1. The summed E-state index contributed by atoms with van der Waals surface area (Å²) in [6, 6.07) is 4.98. The fourth-order valence-electron chi connectivity index (χ4n) is 2.13. The van der Waals surface area contributed by atoms with Crippen molar-refractivity contribution in [3.8, 4) is 5.75 Å². The number of fused-ring (bicyclic) bond motifs is 1. The lowest BCUT2D eigenvalue weighted by Crippen LogP contribution is -2.52. The molecule has 20 heavy (non-hydrogen) atoms. The number of halogens is 1. The lowest BCUT2D eigenvalue weighted by atomic mass is 10.0. The number of ketones is 1. The number of carbonyl (C=O) groups is 2. The number of benzene rings is 1. The highest BCUT2D eigenvalue weighted by Crippen LogP contribution is 2.38. The van der Waals surface area contributed by atoms with Gasteiger partial charge in [-0.05, 0) is 32.0 Å². The molecule has 4 nitrogen and oxygen atoms in total. The lowest BCUT2D eigenvalue weighted by Gasteiger charge is -2.38. The van der Waals surface area contributed by atoms with Gasteiger partial charge in [-0.1, -0.05) is 6.08 Å². The Morgan fingerprint density at radius 3 is 2.80 bits per heavy atom. The number of carbonyl (C=O) groups excluding carboxylic acids is 2. The van der Waals surface area contributed by atoms with E-state index in [4.69, 9.17) is 16.3 Å². The Morgan fingerprint density at radius 1 is 1.50 bits per heavy atom. The van der Waals surface area contributed by atoms with Crippen LogP contribution >= 0.6 is 11.6 Å². The number of ether oxygens (including phenoxy) is 1. The van der Waals surface area contributed by atoms with Gasteiger partial charge in [0.1, 0.15) is 5.75 Å². The van der Waals surface area contributed by atoms with Crippen molar-refractivity contribution in [2.24, 2.45) is 0 Å². The van der Waals surface area contributed by atoms with E-state index in [0.29, 0.717) is 23.5 Å². The van der Waals surface area contributed by atoms with Crippen LogP contribution in [0.2, 0.25) is 0 Å². The minimum absolute atomic E-state index is 0.0967. The summed E-state index contributed by atoms with van der Waals surface area (Å²) < 4.78 is 5.71. The second kappa shape index (κ2) is 5.29. The summed E-state index contributed by atoms with van der Waals surface area (Å²) in [5.74, 6) is 0.119. The van der Waals surface area contributed by atoms with Crippen LogP contribution in [0.4, 0.5) is 5.69 Å². The molecule has 2 rings (SSSR count). The van der Waals surface area contributed by atoms with Crippen molar-refractivity contribution in [1.29, 1.82) is 0 Å². The largest absolute Gasteiger partial charge is 0.476 e. The highest BCUT2D eigenvalue weighted by molar-refractivity contribution is 6.30. The number of hydrogen-bond acceptors (Lipinski definition) is 3. The molecule has 0 N–H and O–H groups in total. The Bertz CT molecular complexity index is 580. The predicted molar refractivity (Wildman–Crippen MR) is 78.7 cm³/mol. The zero-order valence-corrected chi connectivity index (χ0v) is 12.2. The number of anilines is 1. The van der Waals surface area contributed by atoms with E-state index in [1.54, 1.807) is 43.0 Å². The molecule has 106 valence electrons. The number of rotatable bonds is 4. The van der Waals surface area contributed by atoms with E-state index in [9.17, 15) is 9.59 Å². The Balaban J connectivity index is 2.53. The van der Waals surface area contributed by atoms with E-state index < -0.39 is 5.60 Å². The SMILES string of the molecule is C=CCN1C(=O)C(C)(C)Oc2ccc(C(=O)CCl)cc21. The molecule has 1 aromatic carbocycles. The molecule has 0 unspecified atom stereocenters. The van der Waals surface area contributed by atoms with Gasteiger partial charge in [0.15, 0.2) is 11.4 Å². The monoisotopic (exact) mass is 293 g/mol. The molecule has 1 aliphatic heterocycles. The van der Waals surface area contributed by atoms with Crippen LogP contribution in [0, 0.1) is 0 Å². The third-order valence-corrected chi connectivity index (χ3v) is 3.37. The molecule has 1 aromatic rings. The molecular weight excluding hydrogens is 278 g/mol. The van der Waals surface area contributed by atoms with E-state index in [1.807, 2.05) is 0 Å². The van der Waals surface area contributed by atoms with Gasteiger partial charge < -0.3 is 9.64 Å². The van der Waals surface area contributed by atoms with Crippen molar-refractivity contribution in [2.75, 3.05) is 17.3 Å². The Morgan fingerprint density at radius 2 is 2.20 bits per heavy atom. The second-order valence-corrected chi connectivity index (χ2v) is 5.32. The normalized spacial score (nSPS) is 16.4. The first kappa shape index (κ1) is 14.6. The van der Waals surface area contributed by atoms with E-state index in [-0.39, 0.29) is 17.6 Å². The van der Waals surface area contributed by atoms with E-state index in [0.717, 1.165) is 0 Å². The van der Waals surface area contributed by atoms with Crippen molar-refractivity contribution in [2.45, 2.75) is 19.4 Å². The van der Waals surface area contributed by atoms with Crippen molar-refractivity contribution >= 4 is 29.0 Å². The van der Waals surface area contributed by atoms with E-state index in [1.165, 1.54) is 0 Å². The van der Waals surface area contributed by atoms with Crippen LogP contribution in [0.3, 0.4) is 0 Å². The maximum absolute atomic E-state index is 12.4. The van der Waals surface area contributed by atoms with Gasteiger partial charge in [0, 0.05) is 12.1 Å². The van der Waals surface area contributed by atoms with Gasteiger partial charge in [0.05, 0.1) is 11.6 Å². The second-order valence-electron chi connectivity index (χ2n) is 5.06. The average Bonchev–Trinajstić information content (AvgIpc) is 2.42. The van der Waals surface area contributed by atoms with E-state index >= 15 is 0 Å². The number of Topliss-reactive ketones (excluding diaryl/α,β-unsaturated/α-hetero) is 1. The van der Waals surface area contributed by atoms with Gasteiger partial charge in [-0.3, -0.25) is 9.59 Å². The molecule has 0 radical (unpaired) electrons. The molecule has 0 atom stereocenters. The van der Waals surface area contributed by atoms with Crippen LogP contribution in [0.5, 0.6) is 5.75 Å². The highest BCUT2D eigenvalue weighted by atomic mass is 35.5. The summed E-state index contributed by atoms with van der Waals surface area (Å²) >= 11 is 5.56. The summed E-state index contributed by atoms with van der Waals surface area (Å²) in [6.07, 6.45) is 1.64. The van der Waals surface area contributed by atoms with Gasteiger partial charge in [-0.2, -0.15) is 0 Å². The maximum atomic E-state index is 12.4. The number of alkyl halides is 1. The third-order valence-electron chi connectivity index (χ3n) is 3.13. The first-order valence-corrected chi connectivity index (χ1v) is 6.79. The molecule has 0 fully saturated rings. The minimum Gasteiger partial charge on any atom is -0.476 e. The van der Waals surface area contributed by atoms with Crippen LogP contribution in [0.25, 0.3) is 0 Å². The topological polar surface area (TPSA) is 46.6 Å².